The first-order valence-electron chi connectivity index (χ1n) is 10.7. The van der Waals surface area contributed by atoms with Gasteiger partial charge in [-0.3, -0.25) is 0 Å². The van der Waals surface area contributed by atoms with Gasteiger partial charge in [-0.15, -0.1) is 0 Å². The molecule has 1 nitrogen and oxygen atoms in total. The van der Waals surface area contributed by atoms with Crippen LogP contribution >= 0.6 is 0 Å². The van der Waals surface area contributed by atoms with E-state index in [1.54, 1.807) is 0 Å². The molecule has 0 amide bonds. The number of rotatable bonds is 5. The SMILES string of the molecule is CC1=Cc2ccccc2C1B(C1C(C)=Cc2ccccc21)N(C(C)C)C(C)C. The number of hydrogen-bond acceptors (Lipinski definition) is 1. The number of benzene rings is 2. The molecule has 0 N–H and O–H groups in total. The molecule has 0 saturated carbocycles. The number of allylic oxidation sites excluding steroid dienone is 2. The van der Waals surface area contributed by atoms with Gasteiger partial charge >= 0.3 is 0 Å². The van der Waals surface area contributed by atoms with Crippen LogP contribution in [0.1, 0.15) is 75.4 Å². The lowest BCUT2D eigenvalue weighted by atomic mass is 9.37. The lowest BCUT2D eigenvalue weighted by Crippen LogP contribution is -2.54. The van der Waals surface area contributed by atoms with E-state index in [9.17, 15) is 0 Å². The van der Waals surface area contributed by atoms with Crippen molar-refractivity contribution in [3.05, 3.63) is 81.9 Å². The normalized spacial score (nSPS) is 20.5. The molecule has 0 aromatic heterocycles. The van der Waals surface area contributed by atoms with Crippen molar-refractivity contribution in [3.8, 4) is 0 Å². The maximum absolute atomic E-state index is 2.76. The molecule has 2 aromatic carbocycles. The maximum Gasteiger partial charge on any atom is 0.247 e. The fourth-order valence-corrected chi connectivity index (χ4v) is 5.74. The maximum atomic E-state index is 2.76. The Labute approximate surface area is 171 Å². The predicted octanol–water partition coefficient (Wildman–Crippen LogP) is 6.58. The summed E-state index contributed by atoms with van der Waals surface area (Å²) in [5.41, 5.74) is 8.78. The summed E-state index contributed by atoms with van der Waals surface area (Å²) >= 11 is 0. The van der Waals surface area contributed by atoms with E-state index in [2.05, 4.69) is 107 Å². The third kappa shape index (κ3) is 3.08. The molecule has 2 aliphatic rings. The minimum atomic E-state index is 0.416. The Balaban J connectivity index is 1.90. The predicted molar refractivity (Wildman–Crippen MR) is 124 cm³/mol. The highest BCUT2D eigenvalue weighted by atomic mass is 15.1. The first-order chi connectivity index (χ1) is 13.4. The second-order valence-corrected chi connectivity index (χ2v) is 9.12. The molecule has 0 heterocycles. The van der Waals surface area contributed by atoms with Gasteiger partial charge in [-0.05, 0) is 48.2 Å². The molecule has 0 fully saturated rings. The lowest BCUT2D eigenvalue weighted by molar-refractivity contribution is 0.295. The van der Waals surface area contributed by atoms with Gasteiger partial charge in [-0.25, -0.2) is 0 Å². The van der Waals surface area contributed by atoms with Crippen molar-refractivity contribution in [2.45, 2.75) is 65.3 Å². The van der Waals surface area contributed by atoms with Crippen LogP contribution < -0.4 is 0 Å². The van der Waals surface area contributed by atoms with Gasteiger partial charge in [0.1, 0.15) is 0 Å². The van der Waals surface area contributed by atoms with E-state index in [-0.39, 0.29) is 0 Å². The first-order valence-corrected chi connectivity index (χ1v) is 10.7. The third-order valence-electron chi connectivity index (χ3n) is 6.63. The van der Waals surface area contributed by atoms with Crippen LogP contribution in [0.3, 0.4) is 0 Å². The van der Waals surface area contributed by atoms with Gasteiger partial charge in [0.15, 0.2) is 0 Å². The number of nitrogens with zero attached hydrogens (tertiary/aromatic N) is 1. The fraction of sp³-hybridized carbons (Fsp3) is 0.385. The number of fused-ring (bicyclic) bond motifs is 2. The Hall–Kier alpha value is -2.06. The second kappa shape index (κ2) is 7.41. The lowest BCUT2D eigenvalue weighted by Gasteiger charge is -2.43. The molecule has 0 radical (unpaired) electrons. The minimum absolute atomic E-state index is 0.416. The highest BCUT2D eigenvalue weighted by molar-refractivity contribution is 6.62. The zero-order valence-corrected chi connectivity index (χ0v) is 18.1. The van der Waals surface area contributed by atoms with Crippen LogP contribution in [0, 0.1) is 0 Å². The summed E-state index contributed by atoms with van der Waals surface area (Å²) in [5.74, 6) is 0.862. The first kappa shape index (κ1) is 19.3. The van der Waals surface area contributed by atoms with Crippen LogP contribution in [0.25, 0.3) is 12.2 Å². The van der Waals surface area contributed by atoms with Crippen molar-refractivity contribution in [1.29, 1.82) is 0 Å². The van der Waals surface area contributed by atoms with Gasteiger partial charge in [0.25, 0.3) is 0 Å². The molecule has 0 saturated heterocycles. The van der Waals surface area contributed by atoms with Crippen molar-refractivity contribution in [2.24, 2.45) is 0 Å². The molecular formula is C26H32BN. The van der Waals surface area contributed by atoms with E-state index in [0.717, 1.165) is 0 Å². The zero-order valence-electron chi connectivity index (χ0n) is 18.1. The summed E-state index contributed by atoms with van der Waals surface area (Å²) in [6.45, 7) is 14.5. The van der Waals surface area contributed by atoms with Gasteiger partial charge in [-0.1, -0.05) is 99.5 Å². The molecule has 28 heavy (non-hydrogen) atoms. The van der Waals surface area contributed by atoms with Gasteiger partial charge in [-0.2, -0.15) is 0 Å². The van der Waals surface area contributed by atoms with Crippen molar-refractivity contribution < 1.29 is 0 Å². The molecule has 2 heteroatoms. The van der Waals surface area contributed by atoms with Gasteiger partial charge in [0.05, 0.1) is 0 Å². The van der Waals surface area contributed by atoms with E-state index >= 15 is 0 Å². The Morgan fingerprint density at radius 2 is 1.07 bits per heavy atom. The van der Waals surface area contributed by atoms with Gasteiger partial charge in [0.2, 0.25) is 6.85 Å². The molecule has 2 unspecified atom stereocenters. The van der Waals surface area contributed by atoms with Crippen LogP contribution in [0.15, 0.2) is 59.7 Å². The Morgan fingerprint density at radius 3 is 1.46 bits per heavy atom. The molecular weight excluding hydrogens is 337 g/mol. The summed E-state index contributed by atoms with van der Waals surface area (Å²) in [4.78, 5) is 2.76. The average molecular weight is 369 g/mol. The highest BCUT2D eigenvalue weighted by Gasteiger charge is 2.46. The van der Waals surface area contributed by atoms with Crippen molar-refractivity contribution in [2.75, 3.05) is 0 Å². The standard InChI is InChI=1S/C26H32BN/c1-17(2)28(18(3)4)27(25-19(5)15-21-11-7-9-13-23(21)25)26-20(6)16-22-12-8-10-14-24(22)26/h7-18,25-26H,1-6H3. The summed E-state index contributed by atoms with van der Waals surface area (Å²) in [7, 11) is 0. The molecule has 2 atom stereocenters. The van der Waals surface area contributed by atoms with Crippen LogP contribution in [0.5, 0.6) is 0 Å². The molecule has 2 aromatic rings. The summed E-state index contributed by atoms with van der Waals surface area (Å²) in [5, 5.41) is 0. The van der Waals surface area contributed by atoms with E-state index in [4.69, 9.17) is 0 Å². The zero-order chi connectivity index (χ0) is 20.0. The van der Waals surface area contributed by atoms with Crippen LogP contribution in [0.4, 0.5) is 0 Å². The topological polar surface area (TPSA) is 3.24 Å². The third-order valence-corrected chi connectivity index (χ3v) is 6.63. The Morgan fingerprint density at radius 1 is 0.679 bits per heavy atom. The van der Waals surface area contributed by atoms with E-state index in [1.165, 1.54) is 33.4 Å². The molecule has 4 rings (SSSR count). The van der Waals surface area contributed by atoms with E-state index in [0.29, 0.717) is 30.6 Å². The average Bonchev–Trinajstić information content (AvgIpc) is 3.14. The van der Waals surface area contributed by atoms with Crippen LogP contribution in [0.2, 0.25) is 0 Å². The summed E-state index contributed by atoms with van der Waals surface area (Å²) in [6, 6.07) is 19.0. The van der Waals surface area contributed by atoms with E-state index < -0.39 is 0 Å². The molecule has 0 spiro atoms. The fourth-order valence-electron chi connectivity index (χ4n) is 5.74. The van der Waals surface area contributed by atoms with Crippen molar-refractivity contribution in [3.63, 3.8) is 0 Å². The van der Waals surface area contributed by atoms with Crippen LogP contribution in [-0.2, 0) is 0 Å². The number of hydrogen-bond donors (Lipinski definition) is 0. The van der Waals surface area contributed by atoms with E-state index in [1.807, 2.05) is 0 Å². The quantitative estimate of drug-likeness (QED) is 0.538. The summed E-state index contributed by atoms with van der Waals surface area (Å²) in [6.07, 6.45) is 4.82. The van der Waals surface area contributed by atoms with Gasteiger partial charge < -0.3 is 4.81 Å². The highest BCUT2D eigenvalue weighted by Crippen LogP contribution is 2.48. The van der Waals surface area contributed by atoms with Crippen LogP contribution in [-0.4, -0.2) is 23.7 Å². The largest absolute Gasteiger partial charge is 0.336 e. The second-order valence-electron chi connectivity index (χ2n) is 9.12. The molecule has 2 aliphatic carbocycles. The van der Waals surface area contributed by atoms with Crippen molar-refractivity contribution >= 4 is 19.0 Å². The summed E-state index contributed by atoms with van der Waals surface area (Å²) < 4.78 is 0. The Bertz CT molecular complexity index is 861. The van der Waals surface area contributed by atoms with Gasteiger partial charge in [0, 0.05) is 11.6 Å². The molecule has 0 aliphatic heterocycles. The minimum Gasteiger partial charge on any atom is -0.336 e. The molecule has 0 bridgehead atoms. The Kier molecular flexibility index (Phi) is 5.10. The van der Waals surface area contributed by atoms with Crippen molar-refractivity contribution in [1.82, 2.24) is 4.81 Å². The monoisotopic (exact) mass is 369 g/mol. The smallest absolute Gasteiger partial charge is 0.247 e. The molecule has 144 valence electrons.